The van der Waals surface area contributed by atoms with Crippen LogP contribution >= 0.6 is 34.2 Å². The number of pyridine rings is 1. The number of carbonyl (C=O) groups is 2. The summed E-state index contributed by atoms with van der Waals surface area (Å²) in [5.74, 6) is 0.270. The Hall–Kier alpha value is -1.61. The van der Waals surface area contributed by atoms with Gasteiger partial charge in [0.25, 0.3) is 5.91 Å². The van der Waals surface area contributed by atoms with Crippen LogP contribution in [-0.4, -0.2) is 23.4 Å². The number of hydrogen-bond acceptors (Lipinski definition) is 4. The van der Waals surface area contributed by atoms with E-state index in [-0.39, 0.29) is 18.4 Å². The molecule has 1 aliphatic rings. The first-order chi connectivity index (χ1) is 11.5. The van der Waals surface area contributed by atoms with Gasteiger partial charge in [0.2, 0.25) is 5.91 Å². The molecule has 1 saturated carbocycles. The van der Waals surface area contributed by atoms with Gasteiger partial charge in [-0.05, 0) is 53.1 Å². The van der Waals surface area contributed by atoms with Crippen molar-refractivity contribution < 1.29 is 14.3 Å². The van der Waals surface area contributed by atoms with Gasteiger partial charge in [0.15, 0.2) is 12.4 Å². The summed E-state index contributed by atoms with van der Waals surface area (Å²) < 4.78 is 6.36. The predicted octanol–water partition coefficient (Wildman–Crippen LogP) is 2.68. The molecule has 24 heavy (non-hydrogen) atoms. The van der Waals surface area contributed by atoms with Gasteiger partial charge in [-0.3, -0.25) is 25.4 Å². The molecule has 0 aliphatic heterocycles. The quantitative estimate of drug-likeness (QED) is 0.544. The number of benzene rings is 1. The number of hydrogen-bond donors (Lipinski definition) is 2. The number of carbonyl (C=O) groups excluding carboxylic acids is 2. The summed E-state index contributed by atoms with van der Waals surface area (Å²) >= 11 is 8.28. The fraction of sp³-hybridized carbons (Fsp3) is 0.312. The number of fused-ring (bicyclic) bond motifs is 1. The van der Waals surface area contributed by atoms with Gasteiger partial charge >= 0.3 is 0 Å². The number of aromatic nitrogens is 1. The summed E-state index contributed by atoms with van der Waals surface area (Å²) in [7, 11) is 0. The lowest BCUT2D eigenvalue weighted by atomic mass is 10.2. The standard InChI is InChI=1S/C16H15ClIN3O3/c1-8-5-10(8)16(23)21-20-13(22)7-24-15-12(18)6-11(17)9-3-2-4-19-14(9)15/h2-4,6,8,10H,5,7H2,1H3,(H,20,22)(H,21,23). The van der Waals surface area contributed by atoms with Gasteiger partial charge in [-0.15, -0.1) is 0 Å². The second kappa shape index (κ2) is 7.10. The molecular formula is C16H15ClIN3O3. The fourth-order valence-electron chi connectivity index (χ4n) is 2.37. The molecule has 2 aromatic rings. The molecular weight excluding hydrogens is 445 g/mol. The summed E-state index contributed by atoms with van der Waals surface area (Å²) in [5.41, 5.74) is 5.37. The van der Waals surface area contributed by atoms with Crippen molar-refractivity contribution in [2.45, 2.75) is 13.3 Å². The average molecular weight is 460 g/mol. The molecule has 1 heterocycles. The monoisotopic (exact) mass is 459 g/mol. The Bertz CT molecular complexity index is 814. The van der Waals surface area contributed by atoms with Crippen LogP contribution in [0.25, 0.3) is 10.9 Å². The lowest BCUT2D eigenvalue weighted by molar-refractivity contribution is -0.130. The zero-order chi connectivity index (χ0) is 17.3. The van der Waals surface area contributed by atoms with E-state index in [1.807, 2.05) is 13.0 Å². The van der Waals surface area contributed by atoms with Crippen molar-refractivity contribution in [3.8, 4) is 5.75 Å². The molecule has 2 N–H and O–H groups in total. The summed E-state index contributed by atoms with van der Waals surface area (Å²) in [6.07, 6.45) is 2.50. The molecule has 1 fully saturated rings. The molecule has 8 heteroatoms. The maximum Gasteiger partial charge on any atom is 0.276 e. The van der Waals surface area contributed by atoms with E-state index in [0.29, 0.717) is 22.2 Å². The van der Waals surface area contributed by atoms with Crippen molar-refractivity contribution in [3.05, 3.63) is 33.0 Å². The topological polar surface area (TPSA) is 80.3 Å². The highest BCUT2D eigenvalue weighted by molar-refractivity contribution is 14.1. The van der Waals surface area contributed by atoms with E-state index in [1.54, 1.807) is 18.3 Å². The minimum atomic E-state index is -0.438. The lowest BCUT2D eigenvalue weighted by Gasteiger charge is -2.12. The van der Waals surface area contributed by atoms with Crippen molar-refractivity contribution in [2.24, 2.45) is 11.8 Å². The summed E-state index contributed by atoms with van der Waals surface area (Å²) in [6, 6.07) is 5.38. The van der Waals surface area contributed by atoms with Gasteiger partial charge in [-0.1, -0.05) is 18.5 Å². The van der Waals surface area contributed by atoms with Crippen molar-refractivity contribution in [1.29, 1.82) is 0 Å². The Morgan fingerprint density at radius 3 is 2.92 bits per heavy atom. The molecule has 1 aromatic heterocycles. The highest BCUT2D eigenvalue weighted by atomic mass is 127. The summed E-state index contributed by atoms with van der Waals surface area (Å²) in [5, 5.41) is 1.33. The van der Waals surface area contributed by atoms with E-state index < -0.39 is 5.91 Å². The van der Waals surface area contributed by atoms with E-state index in [1.165, 1.54) is 0 Å². The van der Waals surface area contributed by atoms with Crippen LogP contribution in [0.5, 0.6) is 5.75 Å². The van der Waals surface area contributed by atoms with Crippen LogP contribution in [0.2, 0.25) is 5.02 Å². The van der Waals surface area contributed by atoms with Gasteiger partial charge in [0.05, 0.1) is 8.59 Å². The van der Waals surface area contributed by atoms with Gasteiger partial charge in [-0.2, -0.15) is 0 Å². The number of nitrogens with zero attached hydrogens (tertiary/aromatic N) is 1. The normalized spacial score (nSPS) is 19.0. The minimum absolute atomic E-state index is 0.00317. The van der Waals surface area contributed by atoms with Gasteiger partial charge in [-0.25, -0.2) is 0 Å². The summed E-state index contributed by atoms with van der Waals surface area (Å²) in [4.78, 5) is 27.8. The predicted molar refractivity (Wildman–Crippen MR) is 98.5 cm³/mol. The molecule has 1 aromatic carbocycles. The third kappa shape index (κ3) is 3.72. The molecule has 0 saturated heterocycles. The van der Waals surface area contributed by atoms with Crippen molar-refractivity contribution in [2.75, 3.05) is 6.61 Å². The number of nitrogens with one attached hydrogen (secondary N) is 2. The number of amides is 2. The molecule has 0 spiro atoms. The van der Waals surface area contributed by atoms with Crippen LogP contribution in [-0.2, 0) is 9.59 Å². The van der Waals surface area contributed by atoms with Gasteiger partial charge in [0, 0.05) is 17.5 Å². The van der Waals surface area contributed by atoms with Gasteiger partial charge < -0.3 is 4.74 Å². The molecule has 2 amide bonds. The van der Waals surface area contributed by atoms with Crippen molar-refractivity contribution in [3.63, 3.8) is 0 Å². The molecule has 126 valence electrons. The molecule has 1 aliphatic carbocycles. The molecule has 0 bridgehead atoms. The zero-order valence-corrected chi connectivity index (χ0v) is 15.7. The SMILES string of the molecule is CC1CC1C(=O)NNC(=O)COc1c(I)cc(Cl)c2cccnc12. The second-order valence-corrected chi connectivity index (χ2v) is 7.28. The number of ether oxygens (including phenoxy) is 1. The number of rotatable bonds is 4. The van der Waals surface area contributed by atoms with Crippen LogP contribution in [0.4, 0.5) is 0 Å². The molecule has 3 rings (SSSR count). The molecule has 2 atom stereocenters. The van der Waals surface area contributed by atoms with E-state index >= 15 is 0 Å². The third-order valence-electron chi connectivity index (χ3n) is 3.87. The minimum Gasteiger partial charge on any atom is -0.480 e. The highest BCUT2D eigenvalue weighted by Crippen LogP contribution is 2.37. The number of hydrazine groups is 1. The molecule has 2 unspecified atom stereocenters. The Morgan fingerprint density at radius 1 is 1.46 bits per heavy atom. The lowest BCUT2D eigenvalue weighted by Crippen LogP contribution is -2.44. The largest absolute Gasteiger partial charge is 0.480 e. The zero-order valence-electron chi connectivity index (χ0n) is 12.8. The maximum atomic E-state index is 11.9. The Morgan fingerprint density at radius 2 is 2.21 bits per heavy atom. The van der Waals surface area contributed by atoms with Crippen molar-refractivity contribution in [1.82, 2.24) is 15.8 Å². The first kappa shape index (κ1) is 17.2. The first-order valence-corrected chi connectivity index (χ1v) is 8.87. The van der Waals surface area contributed by atoms with Crippen LogP contribution in [0.3, 0.4) is 0 Å². The smallest absolute Gasteiger partial charge is 0.276 e. The summed E-state index contributed by atoms with van der Waals surface area (Å²) in [6.45, 7) is 1.76. The van der Waals surface area contributed by atoms with Crippen LogP contribution in [0.1, 0.15) is 13.3 Å². The van der Waals surface area contributed by atoms with E-state index in [0.717, 1.165) is 15.4 Å². The first-order valence-electron chi connectivity index (χ1n) is 7.41. The average Bonchev–Trinajstić information content (AvgIpc) is 3.29. The van der Waals surface area contributed by atoms with E-state index in [2.05, 4.69) is 38.4 Å². The van der Waals surface area contributed by atoms with Gasteiger partial charge in [0.1, 0.15) is 5.52 Å². The Balaban J connectivity index is 1.63. The van der Waals surface area contributed by atoms with E-state index in [4.69, 9.17) is 16.3 Å². The molecule has 6 nitrogen and oxygen atoms in total. The maximum absolute atomic E-state index is 11.9. The van der Waals surface area contributed by atoms with Crippen LogP contribution in [0, 0.1) is 15.4 Å². The molecule has 0 radical (unpaired) electrons. The van der Waals surface area contributed by atoms with Crippen LogP contribution < -0.4 is 15.6 Å². The van der Waals surface area contributed by atoms with Crippen molar-refractivity contribution >= 4 is 56.9 Å². The second-order valence-electron chi connectivity index (χ2n) is 5.71. The van der Waals surface area contributed by atoms with E-state index in [9.17, 15) is 9.59 Å². The third-order valence-corrected chi connectivity index (χ3v) is 4.98. The van der Waals surface area contributed by atoms with Crippen LogP contribution in [0.15, 0.2) is 24.4 Å². The Labute approximate surface area is 157 Å². The highest BCUT2D eigenvalue weighted by Gasteiger charge is 2.39. The fourth-order valence-corrected chi connectivity index (χ4v) is 3.54. The number of halogens is 2. The Kier molecular flexibility index (Phi) is 5.09.